The topological polar surface area (TPSA) is 62.6 Å². The van der Waals surface area contributed by atoms with Gasteiger partial charge in [-0.1, -0.05) is 54.1 Å². The molecule has 180 valence electrons. The van der Waals surface area contributed by atoms with Crippen LogP contribution in [-0.2, 0) is 23.0 Å². The number of carbonyl (C=O) groups excluding carboxylic acids is 1. The summed E-state index contributed by atoms with van der Waals surface area (Å²) in [6.07, 6.45) is 4.53. The van der Waals surface area contributed by atoms with Crippen molar-refractivity contribution >= 4 is 28.3 Å². The molecule has 34 heavy (non-hydrogen) atoms. The van der Waals surface area contributed by atoms with Crippen LogP contribution in [0.2, 0.25) is 5.02 Å². The minimum absolute atomic E-state index is 0.178. The number of likely N-dealkylation sites (tertiary alicyclic amines) is 1. The first-order valence-electron chi connectivity index (χ1n) is 11.8. The average molecular weight is 499 g/mol. The van der Waals surface area contributed by atoms with Gasteiger partial charge in [-0.25, -0.2) is 0 Å². The summed E-state index contributed by atoms with van der Waals surface area (Å²) in [7, 11) is -1.33. The normalized spacial score (nSPS) is 15.8. The molecule has 0 unspecified atom stereocenters. The Morgan fingerprint density at radius 2 is 1.76 bits per heavy atom. The molecule has 1 N–H and O–H groups in total. The fourth-order valence-electron chi connectivity index (χ4n) is 4.37. The zero-order valence-corrected chi connectivity index (χ0v) is 20.8. The fourth-order valence-corrected chi connectivity index (χ4v) is 5.85. The van der Waals surface area contributed by atoms with E-state index in [0.717, 1.165) is 32.0 Å². The summed E-state index contributed by atoms with van der Waals surface area (Å²) in [5, 5.41) is 3.39. The number of piperidine rings is 1. The van der Waals surface area contributed by atoms with Crippen molar-refractivity contribution in [3.63, 3.8) is 0 Å². The van der Waals surface area contributed by atoms with Gasteiger partial charge in [0.15, 0.2) is 5.76 Å². The van der Waals surface area contributed by atoms with Crippen LogP contribution < -0.4 is 5.32 Å². The fraction of sp³-hybridized carbons (Fsp3) is 0.370. The first-order chi connectivity index (χ1) is 16.6. The summed E-state index contributed by atoms with van der Waals surface area (Å²) in [4.78, 5) is 15.5. The Morgan fingerprint density at radius 1 is 1.03 bits per heavy atom. The average Bonchev–Trinajstić information content (AvgIpc) is 3.32. The van der Waals surface area contributed by atoms with Crippen LogP contribution in [0, 0.1) is 5.92 Å². The van der Waals surface area contributed by atoms with Crippen LogP contribution in [0.4, 0.5) is 0 Å². The number of nitrogens with zero attached hydrogens (tertiary/aromatic N) is 1. The second-order valence-corrected chi connectivity index (χ2v) is 10.6. The van der Waals surface area contributed by atoms with Crippen molar-refractivity contribution in [1.82, 2.24) is 10.2 Å². The van der Waals surface area contributed by atoms with Crippen molar-refractivity contribution < 1.29 is 13.4 Å². The molecule has 0 aliphatic carbocycles. The SMILES string of the molecule is O=C(NCCCN1CCC(Cc2ccccc2)CC1)c1ccc(C[S@](=O)c2ccccc2Cl)o1. The molecule has 5 nitrogen and oxygen atoms in total. The lowest BCUT2D eigenvalue weighted by molar-refractivity contribution is 0.0921. The van der Waals surface area contributed by atoms with E-state index in [-0.39, 0.29) is 17.4 Å². The van der Waals surface area contributed by atoms with E-state index in [1.54, 1.807) is 36.4 Å². The monoisotopic (exact) mass is 498 g/mol. The van der Waals surface area contributed by atoms with Gasteiger partial charge in [0, 0.05) is 6.54 Å². The van der Waals surface area contributed by atoms with Crippen LogP contribution in [0.1, 0.15) is 41.1 Å². The molecule has 1 saturated heterocycles. The van der Waals surface area contributed by atoms with Gasteiger partial charge in [-0.2, -0.15) is 0 Å². The molecule has 1 aliphatic heterocycles. The lowest BCUT2D eigenvalue weighted by Crippen LogP contribution is -2.36. The number of halogens is 1. The molecule has 7 heteroatoms. The molecular formula is C27H31ClN2O3S. The minimum Gasteiger partial charge on any atom is -0.455 e. The molecule has 1 fully saturated rings. The molecule has 1 aromatic heterocycles. The second kappa shape index (κ2) is 12.3. The molecule has 2 aromatic carbocycles. The molecule has 0 saturated carbocycles. The third-order valence-electron chi connectivity index (χ3n) is 6.25. The van der Waals surface area contributed by atoms with E-state index in [2.05, 4.69) is 40.5 Å². The Labute approximate surface area is 208 Å². The maximum absolute atomic E-state index is 12.5. The molecule has 1 amide bonds. The largest absolute Gasteiger partial charge is 0.455 e. The first-order valence-corrected chi connectivity index (χ1v) is 13.5. The van der Waals surface area contributed by atoms with E-state index in [4.69, 9.17) is 16.0 Å². The molecule has 0 radical (unpaired) electrons. The van der Waals surface area contributed by atoms with Gasteiger partial charge in [-0.05, 0) is 81.1 Å². The Kier molecular flexibility index (Phi) is 8.97. The van der Waals surface area contributed by atoms with Gasteiger partial charge < -0.3 is 14.6 Å². The van der Waals surface area contributed by atoms with Gasteiger partial charge in [0.1, 0.15) is 5.76 Å². The van der Waals surface area contributed by atoms with Crippen molar-refractivity contribution in [2.75, 3.05) is 26.2 Å². The molecule has 0 spiro atoms. The number of nitrogens with one attached hydrogen (secondary N) is 1. The number of rotatable bonds is 10. The predicted molar refractivity (Wildman–Crippen MR) is 137 cm³/mol. The lowest BCUT2D eigenvalue weighted by Gasteiger charge is -2.32. The summed E-state index contributed by atoms with van der Waals surface area (Å²) in [5.74, 6) is 1.45. The van der Waals surface area contributed by atoms with Crippen LogP contribution in [0.25, 0.3) is 0 Å². The van der Waals surface area contributed by atoms with E-state index in [1.165, 1.54) is 24.8 Å². The van der Waals surface area contributed by atoms with Gasteiger partial charge in [0.05, 0.1) is 26.5 Å². The summed E-state index contributed by atoms with van der Waals surface area (Å²) >= 11 is 6.12. The van der Waals surface area contributed by atoms with Crippen LogP contribution in [0.5, 0.6) is 0 Å². The van der Waals surface area contributed by atoms with E-state index >= 15 is 0 Å². The van der Waals surface area contributed by atoms with Crippen LogP contribution in [-0.4, -0.2) is 41.2 Å². The Balaban J connectivity index is 1.14. The zero-order valence-electron chi connectivity index (χ0n) is 19.3. The van der Waals surface area contributed by atoms with Crippen LogP contribution in [0.15, 0.2) is 76.0 Å². The lowest BCUT2D eigenvalue weighted by atomic mass is 9.90. The smallest absolute Gasteiger partial charge is 0.286 e. The van der Waals surface area contributed by atoms with Crippen molar-refractivity contribution in [2.24, 2.45) is 5.92 Å². The third-order valence-corrected chi connectivity index (χ3v) is 8.09. The Hall–Kier alpha value is -2.41. The van der Waals surface area contributed by atoms with E-state index in [0.29, 0.717) is 22.2 Å². The second-order valence-electron chi connectivity index (χ2n) is 8.77. The zero-order chi connectivity index (χ0) is 23.8. The van der Waals surface area contributed by atoms with Gasteiger partial charge in [-0.15, -0.1) is 0 Å². The van der Waals surface area contributed by atoms with Crippen LogP contribution in [0.3, 0.4) is 0 Å². The molecule has 1 aliphatic rings. The van der Waals surface area contributed by atoms with Crippen molar-refractivity contribution in [2.45, 2.75) is 36.3 Å². The van der Waals surface area contributed by atoms with Crippen molar-refractivity contribution in [1.29, 1.82) is 0 Å². The molecular weight excluding hydrogens is 468 g/mol. The summed E-state index contributed by atoms with van der Waals surface area (Å²) in [6, 6.07) is 21.1. The summed E-state index contributed by atoms with van der Waals surface area (Å²) in [6.45, 7) is 3.83. The highest BCUT2D eigenvalue weighted by Gasteiger charge is 2.19. The van der Waals surface area contributed by atoms with Crippen molar-refractivity contribution in [3.8, 4) is 0 Å². The van der Waals surface area contributed by atoms with Gasteiger partial charge in [0.2, 0.25) is 0 Å². The standard InChI is InChI=1S/C27H31ClN2O3S/c28-24-9-4-5-10-26(24)34(32)20-23-11-12-25(33-23)27(31)29-15-6-16-30-17-13-22(14-18-30)19-21-7-2-1-3-8-21/h1-5,7-12,22H,6,13-20H2,(H,29,31)/t34-/m0/s1. The maximum atomic E-state index is 12.5. The molecule has 4 rings (SSSR count). The quantitative estimate of drug-likeness (QED) is 0.384. The number of hydrogen-bond acceptors (Lipinski definition) is 4. The van der Waals surface area contributed by atoms with Gasteiger partial charge in [0.25, 0.3) is 5.91 Å². The molecule has 0 bridgehead atoms. The molecule has 3 aromatic rings. The van der Waals surface area contributed by atoms with Gasteiger partial charge >= 0.3 is 0 Å². The number of benzene rings is 2. The van der Waals surface area contributed by atoms with E-state index < -0.39 is 10.8 Å². The highest BCUT2D eigenvalue weighted by molar-refractivity contribution is 7.84. The number of amides is 1. The van der Waals surface area contributed by atoms with Crippen LogP contribution >= 0.6 is 11.6 Å². The number of carbonyl (C=O) groups is 1. The first kappa shape index (κ1) is 24.7. The summed E-state index contributed by atoms with van der Waals surface area (Å²) < 4.78 is 18.2. The highest BCUT2D eigenvalue weighted by Crippen LogP contribution is 2.23. The molecule has 1 atom stereocenters. The van der Waals surface area contributed by atoms with Gasteiger partial charge in [-0.3, -0.25) is 9.00 Å². The predicted octanol–water partition coefficient (Wildman–Crippen LogP) is 5.32. The minimum atomic E-state index is -1.33. The maximum Gasteiger partial charge on any atom is 0.286 e. The highest BCUT2D eigenvalue weighted by atomic mass is 35.5. The van der Waals surface area contributed by atoms with Crippen molar-refractivity contribution in [3.05, 3.63) is 88.8 Å². The van der Waals surface area contributed by atoms with E-state index in [1.807, 2.05) is 0 Å². The Bertz CT molecular complexity index is 1090. The summed E-state index contributed by atoms with van der Waals surface area (Å²) in [5.41, 5.74) is 1.43. The third kappa shape index (κ3) is 7.05. The molecule has 2 heterocycles. The Morgan fingerprint density at radius 3 is 2.53 bits per heavy atom. The number of hydrogen-bond donors (Lipinski definition) is 1. The number of furan rings is 1. The van der Waals surface area contributed by atoms with E-state index in [9.17, 15) is 9.00 Å².